The third-order valence-corrected chi connectivity index (χ3v) is 3.02. The molecule has 1 aromatic carbocycles. The molecule has 0 unspecified atom stereocenters. The molecule has 0 spiro atoms. The van der Waals surface area contributed by atoms with Gasteiger partial charge in [-0.2, -0.15) is 0 Å². The Hall–Kier alpha value is -1.52. The van der Waals surface area contributed by atoms with Gasteiger partial charge in [0.1, 0.15) is 6.54 Å². The highest BCUT2D eigenvalue weighted by Crippen LogP contribution is 2.14. The minimum atomic E-state index is -1.49. The van der Waals surface area contributed by atoms with Crippen molar-refractivity contribution in [1.29, 1.82) is 0 Å². The van der Waals surface area contributed by atoms with Crippen LogP contribution in [0.5, 0.6) is 0 Å². The number of likely N-dealkylation sites (N-methyl/N-ethyl adjacent to an activating group) is 1. The molecule has 136 valence electrons. The van der Waals surface area contributed by atoms with Gasteiger partial charge in [0, 0.05) is 34.2 Å². The minimum absolute atomic E-state index is 0. The van der Waals surface area contributed by atoms with Crippen LogP contribution in [0.15, 0.2) is 17.1 Å². The Bertz CT molecular complexity index is 573. The number of hydrogen-bond acceptors (Lipinski definition) is 2. The van der Waals surface area contributed by atoms with Gasteiger partial charge in [0.05, 0.1) is 0 Å². The number of rotatable bonds is 5. The molecule has 0 aliphatic heterocycles. The quantitative estimate of drug-likeness (QED) is 0.319. The van der Waals surface area contributed by atoms with Crippen LogP contribution >= 0.6 is 24.0 Å². The summed E-state index contributed by atoms with van der Waals surface area (Å²) in [5, 5.41) is 2.98. The van der Waals surface area contributed by atoms with Crippen molar-refractivity contribution in [2.75, 3.05) is 34.2 Å². The lowest BCUT2D eigenvalue weighted by molar-refractivity contribution is -0.127. The highest BCUT2D eigenvalue weighted by Gasteiger charge is 2.13. The van der Waals surface area contributed by atoms with E-state index in [0.29, 0.717) is 12.5 Å². The number of nitrogens with one attached hydrogen (secondary N) is 1. The SMILES string of the molecule is CCNC(=NCC(=O)N(C)C)N(C)Cc1cc(F)c(F)c(F)c1.I. The molecule has 0 saturated carbocycles. The predicted molar refractivity (Wildman–Crippen MR) is 97.9 cm³/mol. The molecule has 1 amide bonds. The van der Waals surface area contributed by atoms with E-state index < -0.39 is 17.5 Å². The van der Waals surface area contributed by atoms with Crippen LogP contribution in [0.4, 0.5) is 13.2 Å². The van der Waals surface area contributed by atoms with Crippen molar-refractivity contribution in [1.82, 2.24) is 15.1 Å². The first-order valence-corrected chi connectivity index (χ1v) is 7.09. The summed E-state index contributed by atoms with van der Waals surface area (Å²) < 4.78 is 39.5. The maximum atomic E-state index is 13.3. The second-order valence-corrected chi connectivity index (χ2v) is 5.19. The molecule has 0 aliphatic carbocycles. The van der Waals surface area contributed by atoms with E-state index in [1.807, 2.05) is 6.92 Å². The molecular formula is C15H22F3IN4O. The summed E-state index contributed by atoms with van der Waals surface area (Å²) in [6, 6.07) is 1.87. The fourth-order valence-electron chi connectivity index (χ4n) is 1.80. The van der Waals surface area contributed by atoms with Gasteiger partial charge in [-0.05, 0) is 24.6 Å². The zero-order valence-corrected chi connectivity index (χ0v) is 16.4. The van der Waals surface area contributed by atoms with Crippen LogP contribution in [0.2, 0.25) is 0 Å². The number of nitrogens with zero attached hydrogens (tertiary/aromatic N) is 3. The third kappa shape index (κ3) is 6.54. The van der Waals surface area contributed by atoms with Crippen LogP contribution in [0.25, 0.3) is 0 Å². The lowest BCUT2D eigenvalue weighted by atomic mass is 10.2. The Labute approximate surface area is 156 Å². The van der Waals surface area contributed by atoms with Gasteiger partial charge in [0.2, 0.25) is 5.91 Å². The number of carbonyl (C=O) groups is 1. The number of halogens is 4. The topological polar surface area (TPSA) is 47.9 Å². The molecule has 9 heteroatoms. The number of benzene rings is 1. The van der Waals surface area contributed by atoms with Gasteiger partial charge in [-0.15, -0.1) is 24.0 Å². The highest BCUT2D eigenvalue weighted by atomic mass is 127. The van der Waals surface area contributed by atoms with E-state index >= 15 is 0 Å². The number of aliphatic imine (C=N–C) groups is 1. The molecule has 0 radical (unpaired) electrons. The third-order valence-electron chi connectivity index (χ3n) is 3.02. The van der Waals surface area contributed by atoms with E-state index in [4.69, 9.17) is 0 Å². The summed E-state index contributed by atoms with van der Waals surface area (Å²) in [5.41, 5.74) is 0.258. The van der Waals surface area contributed by atoms with Gasteiger partial charge < -0.3 is 15.1 Å². The molecule has 24 heavy (non-hydrogen) atoms. The van der Waals surface area contributed by atoms with Gasteiger partial charge in [0.15, 0.2) is 23.4 Å². The monoisotopic (exact) mass is 458 g/mol. The molecule has 0 aromatic heterocycles. The fourth-order valence-corrected chi connectivity index (χ4v) is 1.80. The van der Waals surface area contributed by atoms with Gasteiger partial charge in [0.25, 0.3) is 0 Å². The Morgan fingerprint density at radius 3 is 2.17 bits per heavy atom. The molecule has 0 fully saturated rings. The molecule has 1 aromatic rings. The highest BCUT2D eigenvalue weighted by molar-refractivity contribution is 14.0. The van der Waals surface area contributed by atoms with E-state index in [1.165, 1.54) is 4.90 Å². The zero-order chi connectivity index (χ0) is 17.6. The fraction of sp³-hybridized carbons (Fsp3) is 0.467. The van der Waals surface area contributed by atoms with E-state index in [0.717, 1.165) is 12.1 Å². The van der Waals surface area contributed by atoms with Gasteiger partial charge in [-0.25, -0.2) is 18.2 Å². The normalized spacial score (nSPS) is 10.9. The molecule has 1 N–H and O–H groups in total. The Kier molecular flexibility index (Phi) is 9.71. The number of amides is 1. The first-order chi connectivity index (χ1) is 10.8. The maximum absolute atomic E-state index is 13.3. The summed E-state index contributed by atoms with van der Waals surface area (Å²) >= 11 is 0. The number of carbonyl (C=O) groups excluding carboxylic acids is 1. The smallest absolute Gasteiger partial charge is 0.243 e. The summed E-state index contributed by atoms with van der Waals surface area (Å²) in [6.45, 7) is 2.47. The van der Waals surface area contributed by atoms with Crippen LogP contribution in [-0.4, -0.2) is 55.9 Å². The van der Waals surface area contributed by atoms with Crippen molar-refractivity contribution < 1.29 is 18.0 Å². The van der Waals surface area contributed by atoms with Crippen molar-refractivity contribution >= 4 is 35.8 Å². The van der Waals surface area contributed by atoms with Crippen molar-refractivity contribution in [3.8, 4) is 0 Å². The van der Waals surface area contributed by atoms with E-state index in [1.54, 1.807) is 26.0 Å². The Balaban J connectivity index is 0.00000529. The maximum Gasteiger partial charge on any atom is 0.243 e. The average molecular weight is 458 g/mol. The van der Waals surface area contributed by atoms with Crippen LogP contribution in [0.1, 0.15) is 12.5 Å². The Morgan fingerprint density at radius 1 is 1.17 bits per heavy atom. The average Bonchev–Trinajstić information content (AvgIpc) is 2.48. The number of hydrogen-bond donors (Lipinski definition) is 1. The van der Waals surface area contributed by atoms with Crippen LogP contribution in [-0.2, 0) is 11.3 Å². The Morgan fingerprint density at radius 2 is 1.71 bits per heavy atom. The standard InChI is InChI=1S/C15H21F3N4O.HI/c1-5-19-15(20-8-13(23)21(2)3)22(4)9-10-6-11(16)14(18)12(17)7-10;/h6-7H,5,8-9H2,1-4H3,(H,19,20);1H. The molecule has 0 heterocycles. The summed E-state index contributed by atoms with van der Waals surface area (Å²) in [6.07, 6.45) is 0. The lowest BCUT2D eigenvalue weighted by Crippen LogP contribution is -2.39. The first-order valence-electron chi connectivity index (χ1n) is 7.09. The van der Waals surface area contributed by atoms with E-state index in [2.05, 4.69) is 10.3 Å². The van der Waals surface area contributed by atoms with E-state index in [9.17, 15) is 18.0 Å². The summed E-state index contributed by atoms with van der Waals surface area (Å²) in [7, 11) is 4.90. The van der Waals surface area contributed by atoms with Gasteiger partial charge >= 0.3 is 0 Å². The van der Waals surface area contributed by atoms with Crippen LogP contribution < -0.4 is 5.32 Å². The van der Waals surface area contributed by atoms with Crippen molar-refractivity contribution in [3.63, 3.8) is 0 Å². The van der Waals surface area contributed by atoms with Crippen molar-refractivity contribution in [3.05, 3.63) is 35.1 Å². The van der Waals surface area contributed by atoms with Gasteiger partial charge in [-0.1, -0.05) is 0 Å². The molecule has 0 saturated heterocycles. The van der Waals surface area contributed by atoms with Crippen molar-refractivity contribution in [2.45, 2.75) is 13.5 Å². The molecule has 0 aliphatic rings. The largest absolute Gasteiger partial charge is 0.357 e. The number of guanidine groups is 1. The minimum Gasteiger partial charge on any atom is -0.357 e. The summed E-state index contributed by atoms with van der Waals surface area (Å²) in [4.78, 5) is 18.8. The second kappa shape index (κ2) is 10.4. The van der Waals surface area contributed by atoms with Gasteiger partial charge in [-0.3, -0.25) is 4.79 Å². The second-order valence-electron chi connectivity index (χ2n) is 5.19. The van der Waals surface area contributed by atoms with Crippen LogP contribution in [0, 0.1) is 17.5 Å². The van der Waals surface area contributed by atoms with Crippen LogP contribution in [0.3, 0.4) is 0 Å². The van der Waals surface area contributed by atoms with E-state index in [-0.39, 0.29) is 48.5 Å². The molecular weight excluding hydrogens is 436 g/mol. The molecule has 1 rings (SSSR count). The zero-order valence-electron chi connectivity index (χ0n) is 14.1. The lowest BCUT2D eigenvalue weighted by Gasteiger charge is -2.22. The molecule has 0 atom stereocenters. The van der Waals surface area contributed by atoms with Crippen molar-refractivity contribution in [2.24, 2.45) is 4.99 Å². The molecule has 0 bridgehead atoms. The predicted octanol–water partition coefficient (Wildman–Crippen LogP) is 2.21. The first kappa shape index (κ1) is 22.5. The summed E-state index contributed by atoms with van der Waals surface area (Å²) in [5.74, 6) is -3.73. The molecule has 5 nitrogen and oxygen atoms in total.